The molecule has 0 spiro atoms. The number of carbonyl (C=O) groups excluding carboxylic acids is 2. The maximum Gasteiger partial charge on any atom is 0.253 e. The van der Waals surface area contributed by atoms with Gasteiger partial charge in [-0.1, -0.05) is 12.1 Å². The fraction of sp³-hybridized carbons (Fsp3) is 0.600. The molecular formula is C20H29N3O4. The Morgan fingerprint density at radius 1 is 1.33 bits per heavy atom. The van der Waals surface area contributed by atoms with Crippen molar-refractivity contribution in [1.29, 1.82) is 0 Å². The van der Waals surface area contributed by atoms with E-state index in [1.165, 1.54) is 0 Å². The summed E-state index contributed by atoms with van der Waals surface area (Å²) in [6.07, 6.45) is 2.86. The molecule has 7 nitrogen and oxygen atoms in total. The summed E-state index contributed by atoms with van der Waals surface area (Å²) < 4.78 is 10.7. The van der Waals surface area contributed by atoms with Crippen molar-refractivity contribution in [2.45, 2.75) is 38.3 Å². The minimum absolute atomic E-state index is 0.0274. The highest BCUT2D eigenvalue weighted by Crippen LogP contribution is 2.29. The molecule has 2 aliphatic rings. The third-order valence-corrected chi connectivity index (χ3v) is 5.33. The Hall–Kier alpha value is -1.96. The topological polar surface area (TPSA) is 88.7 Å². The van der Waals surface area contributed by atoms with E-state index < -0.39 is 5.41 Å². The SMILES string of the molecule is COCC1(C(=O)NCc2cccc(NC(=O)C3CCCO3)c2)CCNCC1. The number of methoxy groups -OCH3 is 1. The van der Waals surface area contributed by atoms with Crippen molar-refractivity contribution in [2.75, 3.05) is 38.7 Å². The van der Waals surface area contributed by atoms with Crippen molar-refractivity contribution < 1.29 is 19.1 Å². The smallest absolute Gasteiger partial charge is 0.253 e. The van der Waals surface area contributed by atoms with Gasteiger partial charge in [-0.25, -0.2) is 0 Å². The predicted octanol–water partition coefficient (Wildman–Crippen LogP) is 1.44. The predicted molar refractivity (Wildman–Crippen MR) is 102 cm³/mol. The number of anilines is 1. The summed E-state index contributed by atoms with van der Waals surface area (Å²) in [6, 6.07) is 7.55. The van der Waals surface area contributed by atoms with Crippen LogP contribution < -0.4 is 16.0 Å². The number of hydrogen-bond acceptors (Lipinski definition) is 5. The standard InChI is InChI=1S/C20H29N3O4/c1-26-14-20(7-9-21-10-8-20)19(25)22-13-15-4-2-5-16(12-15)23-18(24)17-6-3-11-27-17/h2,4-5,12,17,21H,3,6-11,13-14H2,1H3,(H,22,25)(H,23,24). The number of benzene rings is 1. The van der Waals surface area contributed by atoms with Gasteiger partial charge in [0.2, 0.25) is 5.91 Å². The normalized spacial score (nSPS) is 21.6. The van der Waals surface area contributed by atoms with Crippen molar-refractivity contribution in [2.24, 2.45) is 5.41 Å². The van der Waals surface area contributed by atoms with E-state index in [0.717, 1.165) is 50.0 Å². The van der Waals surface area contributed by atoms with E-state index in [2.05, 4.69) is 16.0 Å². The van der Waals surface area contributed by atoms with Crippen LogP contribution >= 0.6 is 0 Å². The molecule has 1 unspecified atom stereocenters. The van der Waals surface area contributed by atoms with E-state index in [9.17, 15) is 9.59 Å². The second-order valence-corrected chi connectivity index (χ2v) is 7.34. The Bertz CT molecular complexity index is 647. The van der Waals surface area contributed by atoms with Crippen molar-refractivity contribution >= 4 is 17.5 Å². The molecule has 0 aliphatic carbocycles. The van der Waals surface area contributed by atoms with Crippen LogP contribution in [0.1, 0.15) is 31.2 Å². The first kappa shape index (κ1) is 19.8. The molecule has 1 aromatic carbocycles. The molecular weight excluding hydrogens is 346 g/mol. The highest BCUT2D eigenvalue weighted by molar-refractivity contribution is 5.94. The van der Waals surface area contributed by atoms with Crippen LogP contribution in [-0.2, 0) is 25.6 Å². The monoisotopic (exact) mass is 375 g/mol. The van der Waals surface area contributed by atoms with Gasteiger partial charge in [0.05, 0.1) is 12.0 Å². The Kier molecular flexibility index (Phi) is 6.82. The molecule has 2 aliphatic heterocycles. The first-order valence-corrected chi connectivity index (χ1v) is 9.62. The van der Waals surface area contributed by atoms with E-state index in [4.69, 9.17) is 9.47 Å². The van der Waals surface area contributed by atoms with Gasteiger partial charge in [0.25, 0.3) is 5.91 Å². The van der Waals surface area contributed by atoms with Gasteiger partial charge < -0.3 is 25.4 Å². The molecule has 3 rings (SSSR count). The summed E-state index contributed by atoms with van der Waals surface area (Å²) in [5.74, 6) is -0.0814. The van der Waals surface area contributed by atoms with Crippen LogP contribution in [0, 0.1) is 5.41 Å². The molecule has 2 saturated heterocycles. The summed E-state index contributed by atoms with van der Waals surface area (Å²) in [6.45, 7) is 3.13. The van der Waals surface area contributed by atoms with Gasteiger partial charge in [0.15, 0.2) is 0 Å². The first-order valence-electron chi connectivity index (χ1n) is 9.62. The van der Waals surface area contributed by atoms with Gasteiger partial charge in [-0.3, -0.25) is 9.59 Å². The van der Waals surface area contributed by atoms with Crippen LogP contribution in [0.25, 0.3) is 0 Å². The quantitative estimate of drug-likeness (QED) is 0.671. The van der Waals surface area contributed by atoms with E-state index in [0.29, 0.717) is 19.8 Å². The third-order valence-electron chi connectivity index (χ3n) is 5.33. The number of hydrogen-bond donors (Lipinski definition) is 3. The lowest BCUT2D eigenvalue weighted by molar-refractivity contribution is -0.136. The second kappa shape index (κ2) is 9.30. The van der Waals surface area contributed by atoms with Crippen molar-refractivity contribution in [3.05, 3.63) is 29.8 Å². The molecule has 27 heavy (non-hydrogen) atoms. The molecule has 0 aromatic heterocycles. The maximum atomic E-state index is 12.8. The molecule has 1 atom stereocenters. The van der Waals surface area contributed by atoms with Gasteiger partial charge >= 0.3 is 0 Å². The zero-order valence-electron chi connectivity index (χ0n) is 15.9. The van der Waals surface area contributed by atoms with Gasteiger partial charge in [-0.15, -0.1) is 0 Å². The molecule has 1 aromatic rings. The van der Waals surface area contributed by atoms with Crippen molar-refractivity contribution in [1.82, 2.24) is 10.6 Å². The Morgan fingerprint density at radius 3 is 2.85 bits per heavy atom. The Labute approximate surface area is 160 Å². The fourth-order valence-electron chi connectivity index (χ4n) is 3.75. The van der Waals surface area contributed by atoms with E-state index in [1.807, 2.05) is 24.3 Å². The highest BCUT2D eigenvalue weighted by atomic mass is 16.5. The van der Waals surface area contributed by atoms with Crippen LogP contribution in [0.3, 0.4) is 0 Å². The number of ether oxygens (including phenoxy) is 2. The fourth-order valence-corrected chi connectivity index (χ4v) is 3.75. The van der Waals surface area contributed by atoms with E-state index in [-0.39, 0.29) is 17.9 Å². The molecule has 3 N–H and O–H groups in total. The van der Waals surface area contributed by atoms with Gasteiger partial charge in [-0.05, 0) is 56.5 Å². The minimum Gasteiger partial charge on any atom is -0.384 e. The third kappa shape index (κ3) is 5.06. The van der Waals surface area contributed by atoms with Crippen molar-refractivity contribution in [3.8, 4) is 0 Å². The molecule has 0 radical (unpaired) electrons. The minimum atomic E-state index is -0.467. The van der Waals surface area contributed by atoms with Crippen LogP contribution in [0.4, 0.5) is 5.69 Å². The summed E-state index contributed by atoms with van der Waals surface area (Å²) in [7, 11) is 1.64. The van der Waals surface area contributed by atoms with Gasteiger partial charge in [-0.2, -0.15) is 0 Å². The second-order valence-electron chi connectivity index (χ2n) is 7.34. The van der Waals surface area contributed by atoms with E-state index in [1.54, 1.807) is 7.11 Å². The molecule has 2 amide bonds. The largest absolute Gasteiger partial charge is 0.384 e. The van der Waals surface area contributed by atoms with Gasteiger partial charge in [0.1, 0.15) is 6.10 Å². The summed E-state index contributed by atoms with van der Waals surface area (Å²) in [5, 5.41) is 9.23. The van der Waals surface area contributed by atoms with Crippen molar-refractivity contribution in [3.63, 3.8) is 0 Å². The molecule has 148 valence electrons. The number of carbonyl (C=O) groups is 2. The molecule has 7 heteroatoms. The summed E-state index contributed by atoms with van der Waals surface area (Å²) in [4.78, 5) is 25.0. The first-order chi connectivity index (χ1) is 13.1. The van der Waals surface area contributed by atoms with Crippen LogP contribution in [0.5, 0.6) is 0 Å². The lowest BCUT2D eigenvalue weighted by Crippen LogP contribution is -2.49. The molecule has 0 saturated carbocycles. The molecule has 2 fully saturated rings. The average molecular weight is 375 g/mol. The maximum absolute atomic E-state index is 12.8. The lowest BCUT2D eigenvalue weighted by Gasteiger charge is -2.35. The summed E-state index contributed by atoms with van der Waals surface area (Å²) >= 11 is 0. The van der Waals surface area contributed by atoms with Gasteiger partial charge in [0, 0.05) is 25.9 Å². The average Bonchev–Trinajstić information content (AvgIpc) is 3.22. The summed E-state index contributed by atoms with van der Waals surface area (Å²) in [5.41, 5.74) is 1.19. The number of rotatable bonds is 7. The van der Waals surface area contributed by atoms with E-state index >= 15 is 0 Å². The van der Waals surface area contributed by atoms with Crippen LogP contribution in [-0.4, -0.2) is 51.3 Å². The number of nitrogens with one attached hydrogen (secondary N) is 3. The Morgan fingerprint density at radius 2 is 2.15 bits per heavy atom. The lowest BCUT2D eigenvalue weighted by atomic mass is 9.78. The molecule has 2 heterocycles. The Balaban J connectivity index is 1.57. The number of piperidine rings is 1. The van der Waals surface area contributed by atoms with Crippen LogP contribution in [0.15, 0.2) is 24.3 Å². The zero-order chi connectivity index (χ0) is 19.1. The number of amides is 2. The van der Waals surface area contributed by atoms with Crippen LogP contribution in [0.2, 0.25) is 0 Å². The molecule has 0 bridgehead atoms. The zero-order valence-corrected chi connectivity index (χ0v) is 15.9. The highest BCUT2D eigenvalue weighted by Gasteiger charge is 2.39.